The molecule has 19 rings (SSSR count). The number of benzene rings is 14. The first-order valence-electron chi connectivity index (χ1n) is 29.7. The molecule has 5 aromatic heterocycles. The van der Waals surface area contributed by atoms with Crippen molar-refractivity contribution in [3.05, 3.63) is 291 Å². The largest absolute Gasteiger partial charge is 0.456 e. The quantitative estimate of drug-likeness (QED) is 0.156. The van der Waals surface area contributed by atoms with Crippen LogP contribution in [0.5, 0.6) is 0 Å². The van der Waals surface area contributed by atoms with Crippen molar-refractivity contribution in [2.45, 2.75) is 0 Å². The number of aromatic nitrogens is 2. The third-order valence-electron chi connectivity index (χ3n) is 18.3. The molecular formula is C82H48N2OS2. The molecule has 0 amide bonds. The van der Waals surface area contributed by atoms with Crippen LogP contribution in [0.2, 0.25) is 0 Å². The van der Waals surface area contributed by atoms with Gasteiger partial charge >= 0.3 is 0 Å². The maximum Gasteiger partial charge on any atom is 0.136 e. The summed E-state index contributed by atoms with van der Waals surface area (Å²) < 4.78 is 16.5. The molecule has 0 spiro atoms. The Hall–Kier alpha value is -10.8. The van der Waals surface area contributed by atoms with E-state index in [1.807, 2.05) is 28.7 Å². The van der Waals surface area contributed by atoms with Gasteiger partial charge in [-0.05, 0) is 182 Å². The fourth-order valence-corrected chi connectivity index (χ4v) is 16.4. The van der Waals surface area contributed by atoms with E-state index in [2.05, 4.69) is 294 Å². The number of furan rings is 1. The fraction of sp³-hybridized carbons (Fsp3) is 0. The predicted molar refractivity (Wildman–Crippen MR) is 373 cm³/mol. The lowest BCUT2D eigenvalue weighted by atomic mass is 9.96. The second-order valence-corrected chi connectivity index (χ2v) is 25.3. The maximum absolute atomic E-state index is 6.34. The molecule has 0 aliphatic heterocycles. The summed E-state index contributed by atoms with van der Waals surface area (Å²) in [6, 6.07) is 108. The van der Waals surface area contributed by atoms with E-state index in [-0.39, 0.29) is 0 Å². The Morgan fingerprint density at radius 1 is 0.241 bits per heavy atom. The SMILES string of the molecule is c1ccc(-c2cccc(-n3c4ccc(-c5ccc6sc7ccccc7c6c5)cc4c4cc(-c5ccc6c(c5)c5cc(-c7ccc8sc9ccc(-c%10cccc%11oc%12ccccc%12c%10%11)cc9c8c7)ccc5n6-c5cccc6ccccc56)ccc43)c2)cc1. The summed E-state index contributed by atoms with van der Waals surface area (Å²) in [5.41, 5.74) is 20.7. The molecule has 0 fully saturated rings. The summed E-state index contributed by atoms with van der Waals surface area (Å²) in [6.07, 6.45) is 0. The Morgan fingerprint density at radius 3 is 1.31 bits per heavy atom. The zero-order valence-corrected chi connectivity index (χ0v) is 48.5. The Labute approximate surface area is 507 Å². The first-order chi connectivity index (χ1) is 43.1. The molecule has 0 N–H and O–H groups in total. The highest BCUT2D eigenvalue weighted by Crippen LogP contribution is 2.46. The first kappa shape index (κ1) is 48.5. The molecule has 87 heavy (non-hydrogen) atoms. The summed E-state index contributed by atoms with van der Waals surface area (Å²) in [5, 5.41) is 14.8. The van der Waals surface area contributed by atoms with E-state index >= 15 is 0 Å². The molecule has 0 aliphatic carbocycles. The van der Waals surface area contributed by atoms with Crippen LogP contribution in [0.4, 0.5) is 0 Å². The Balaban J connectivity index is 0.787. The predicted octanol–water partition coefficient (Wildman–Crippen LogP) is 24.0. The zero-order valence-electron chi connectivity index (χ0n) is 46.8. The second-order valence-electron chi connectivity index (χ2n) is 23.1. The number of fused-ring (bicyclic) bond motifs is 16. The standard InChI is InChI=1S/C82H48N2OS2/c1-2-13-49(14-3-1)51-17-10-18-59(41-51)83-72-34-27-52(42-64(72)65-43-54(28-35-73(65)83)56-31-38-79-68(46-56)62-20-7-9-26-78(62)86-79)53-29-36-74-66(44-53)67-45-55(30-37-75(67)84(74)71-23-11-16-50-15-4-5-19-60(50)71)57-32-39-80-69(47-57)70-48-58(33-40-81(70)87-80)61-22-12-25-77-82(61)63-21-6-8-24-76(63)85-77/h1-48H. The first-order valence-corrected chi connectivity index (χ1v) is 31.3. The molecule has 404 valence electrons. The van der Waals surface area contributed by atoms with Gasteiger partial charge in [0.25, 0.3) is 0 Å². The molecule has 19 aromatic rings. The summed E-state index contributed by atoms with van der Waals surface area (Å²) in [6.45, 7) is 0. The smallest absolute Gasteiger partial charge is 0.136 e. The van der Waals surface area contributed by atoms with Gasteiger partial charge in [0.1, 0.15) is 11.2 Å². The van der Waals surface area contributed by atoms with Gasteiger partial charge in [0.05, 0.1) is 27.8 Å². The van der Waals surface area contributed by atoms with Crippen molar-refractivity contribution in [2.75, 3.05) is 0 Å². The molecule has 3 nitrogen and oxygen atoms in total. The van der Waals surface area contributed by atoms with Crippen molar-refractivity contribution in [1.82, 2.24) is 9.13 Å². The van der Waals surface area contributed by atoms with Crippen LogP contribution in [0.25, 0.3) is 184 Å². The van der Waals surface area contributed by atoms with Gasteiger partial charge in [-0.15, -0.1) is 22.7 Å². The normalized spacial score (nSPS) is 12.1. The van der Waals surface area contributed by atoms with E-state index in [1.54, 1.807) is 0 Å². The van der Waals surface area contributed by atoms with Crippen LogP contribution in [-0.2, 0) is 0 Å². The van der Waals surface area contributed by atoms with Crippen LogP contribution in [0, 0.1) is 0 Å². The topological polar surface area (TPSA) is 23.0 Å². The maximum atomic E-state index is 6.34. The average molecular weight is 1140 g/mol. The van der Waals surface area contributed by atoms with Crippen molar-refractivity contribution < 1.29 is 4.42 Å². The number of rotatable bonds is 7. The van der Waals surface area contributed by atoms with Crippen molar-refractivity contribution >= 4 is 139 Å². The lowest BCUT2D eigenvalue weighted by Crippen LogP contribution is -1.95. The van der Waals surface area contributed by atoms with Crippen molar-refractivity contribution in [2.24, 2.45) is 0 Å². The Bertz CT molecular complexity index is 6080. The zero-order chi connectivity index (χ0) is 56.8. The van der Waals surface area contributed by atoms with Crippen molar-refractivity contribution in [3.8, 4) is 67.0 Å². The summed E-state index contributed by atoms with van der Waals surface area (Å²) in [7, 11) is 0. The summed E-state index contributed by atoms with van der Waals surface area (Å²) >= 11 is 3.73. The molecule has 0 bridgehead atoms. The number of thiophene rings is 2. The van der Waals surface area contributed by atoms with Crippen molar-refractivity contribution in [1.29, 1.82) is 0 Å². The van der Waals surface area contributed by atoms with Crippen molar-refractivity contribution in [3.63, 3.8) is 0 Å². The van der Waals surface area contributed by atoms with E-state index in [0.29, 0.717) is 0 Å². The summed E-state index contributed by atoms with van der Waals surface area (Å²) in [4.78, 5) is 0. The Morgan fingerprint density at radius 2 is 0.667 bits per heavy atom. The van der Waals surface area contributed by atoms with Gasteiger partial charge in [0, 0.05) is 83.7 Å². The number of hydrogen-bond acceptors (Lipinski definition) is 3. The molecule has 14 aromatic carbocycles. The van der Waals surface area contributed by atoms with Gasteiger partial charge in [0.2, 0.25) is 0 Å². The monoisotopic (exact) mass is 1140 g/mol. The van der Waals surface area contributed by atoms with E-state index in [0.717, 1.165) is 27.6 Å². The van der Waals surface area contributed by atoms with Crippen LogP contribution in [0.3, 0.4) is 0 Å². The average Bonchev–Trinajstić information content (AvgIpc) is 2.48. The number of para-hydroxylation sites is 1. The Kier molecular flexibility index (Phi) is 10.5. The van der Waals surface area contributed by atoms with Crippen LogP contribution in [0.1, 0.15) is 0 Å². The van der Waals surface area contributed by atoms with Gasteiger partial charge in [-0.3, -0.25) is 0 Å². The highest BCUT2D eigenvalue weighted by Gasteiger charge is 2.21. The minimum absolute atomic E-state index is 0.911. The molecule has 0 aliphatic rings. The molecule has 0 atom stereocenters. The highest BCUT2D eigenvalue weighted by atomic mass is 32.1. The summed E-state index contributed by atoms with van der Waals surface area (Å²) in [5.74, 6) is 0. The lowest BCUT2D eigenvalue weighted by Gasteiger charge is -2.12. The molecule has 0 saturated heterocycles. The van der Waals surface area contributed by atoms with E-state index in [9.17, 15) is 0 Å². The van der Waals surface area contributed by atoms with Crippen LogP contribution < -0.4 is 0 Å². The van der Waals surface area contributed by atoms with Crippen LogP contribution in [-0.4, -0.2) is 9.13 Å². The van der Waals surface area contributed by atoms with Gasteiger partial charge in [-0.25, -0.2) is 0 Å². The van der Waals surface area contributed by atoms with Gasteiger partial charge < -0.3 is 13.6 Å². The van der Waals surface area contributed by atoms with E-state index in [4.69, 9.17) is 4.42 Å². The third kappa shape index (κ3) is 7.53. The van der Waals surface area contributed by atoms with E-state index < -0.39 is 0 Å². The van der Waals surface area contributed by atoms with Gasteiger partial charge in [-0.1, -0.05) is 170 Å². The van der Waals surface area contributed by atoms with Crippen LogP contribution >= 0.6 is 22.7 Å². The van der Waals surface area contributed by atoms with Gasteiger partial charge in [0.15, 0.2) is 0 Å². The molecule has 5 heteroatoms. The molecule has 0 radical (unpaired) electrons. The van der Waals surface area contributed by atoms with Gasteiger partial charge in [-0.2, -0.15) is 0 Å². The third-order valence-corrected chi connectivity index (χ3v) is 20.6. The lowest BCUT2D eigenvalue weighted by molar-refractivity contribution is 0.669. The molecule has 0 saturated carbocycles. The molecular weight excluding hydrogens is 1090 g/mol. The highest BCUT2D eigenvalue weighted by molar-refractivity contribution is 7.26. The number of nitrogens with zero attached hydrogens (tertiary/aromatic N) is 2. The minimum atomic E-state index is 0.911. The van der Waals surface area contributed by atoms with E-state index in [1.165, 1.54) is 156 Å². The fourth-order valence-electron chi connectivity index (χ4n) is 14.2. The minimum Gasteiger partial charge on any atom is -0.456 e. The number of hydrogen-bond donors (Lipinski definition) is 0. The molecule has 0 unspecified atom stereocenters. The van der Waals surface area contributed by atoms with Crippen LogP contribution in [0.15, 0.2) is 296 Å². The molecule has 5 heterocycles. The second kappa shape index (κ2) is 18.8.